The van der Waals surface area contributed by atoms with Gasteiger partial charge in [-0.15, -0.1) is 0 Å². The van der Waals surface area contributed by atoms with Crippen LogP contribution < -0.4 is 0 Å². The Kier molecular flexibility index (Phi) is 6.41. The Bertz CT molecular complexity index is 473. The van der Waals surface area contributed by atoms with Crippen LogP contribution in [0.2, 0.25) is 0 Å². The van der Waals surface area contributed by atoms with E-state index in [2.05, 4.69) is 4.90 Å². The minimum atomic E-state index is -4.31. The fourth-order valence-corrected chi connectivity index (χ4v) is 2.67. The number of halogens is 3. The summed E-state index contributed by atoms with van der Waals surface area (Å²) in [6.45, 7) is 4.57. The van der Waals surface area contributed by atoms with Crippen molar-refractivity contribution in [3.8, 4) is 0 Å². The second-order valence-electron chi connectivity index (χ2n) is 5.96. The molecule has 0 aliphatic carbocycles. The summed E-state index contributed by atoms with van der Waals surface area (Å²) in [6, 6.07) is 5.14. The highest BCUT2D eigenvalue weighted by atomic mass is 19.4. The predicted molar refractivity (Wildman–Crippen MR) is 81.0 cm³/mol. The molecule has 0 aromatic heterocycles. The van der Waals surface area contributed by atoms with Crippen LogP contribution in [0.15, 0.2) is 24.3 Å². The van der Waals surface area contributed by atoms with Gasteiger partial charge < -0.3 is 9.84 Å². The van der Waals surface area contributed by atoms with Gasteiger partial charge in [0.15, 0.2) is 0 Å². The third kappa shape index (κ3) is 6.10. The number of ether oxygens (including phenoxy) is 1. The Morgan fingerprint density at radius 3 is 2.39 bits per heavy atom. The lowest BCUT2D eigenvalue weighted by Gasteiger charge is -2.30. The van der Waals surface area contributed by atoms with E-state index in [0.717, 1.165) is 30.8 Å². The molecule has 1 aromatic rings. The fraction of sp³-hybridized carbons (Fsp3) is 0.625. The molecular weight excluding hydrogens is 309 g/mol. The van der Waals surface area contributed by atoms with Crippen LogP contribution >= 0.6 is 0 Å². The minimum Gasteiger partial charge on any atom is -0.390 e. The van der Waals surface area contributed by atoms with Gasteiger partial charge in [-0.1, -0.05) is 12.1 Å². The average molecular weight is 332 g/mol. The normalized spacial score (nSPS) is 18.3. The van der Waals surface area contributed by atoms with Crippen LogP contribution in [0.4, 0.5) is 13.2 Å². The van der Waals surface area contributed by atoms with Gasteiger partial charge in [-0.05, 0) is 24.7 Å². The van der Waals surface area contributed by atoms with Crippen molar-refractivity contribution in [3.05, 3.63) is 35.4 Å². The minimum absolute atomic E-state index is 0.471. The molecule has 2 rings (SSSR count). The second kappa shape index (κ2) is 8.10. The summed E-state index contributed by atoms with van der Waals surface area (Å²) in [4.78, 5) is 4.06. The number of morpholine rings is 1. The first-order valence-electron chi connectivity index (χ1n) is 7.67. The van der Waals surface area contributed by atoms with Gasteiger partial charge in [0.2, 0.25) is 0 Å². The molecule has 0 spiro atoms. The molecule has 0 amide bonds. The highest BCUT2D eigenvalue weighted by Crippen LogP contribution is 2.29. The monoisotopic (exact) mass is 332 g/mol. The number of aliphatic hydroxyl groups excluding tert-OH is 1. The molecule has 23 heavy (non-hydrogen) atoms. The largest absolute Gasteiger partial charge is 0.416 e. The zero-order valence-electron chi connectivity index (χ0n) is 13.2. The molecule has 1 aliphatic rings. The molecule has 130 valence electrons. The third-order valence-corrected chi connectivity index (χ3v) is 3.83. The van der Waals surface area contributed by atoms with E-state index in [-0.39, 0.29) is 0 Å². The van der Waals surface area contributed by atoms with Crippen molar-refractivity contribution in [1.29, 1.82) is 0 Å². The molecule has 1 unspecified atom stereocenters. The number of benzene rings is 1. The molecule has 0 saturated carbocycles. The molecule has 4 nitrogen and oxygen atoms in total. The first-order valence-corrected chi connectivity index (χ1v) is 7.67. The second-order valence-corrected chi connectivity index (χ2v) is 5.96. The van der Waals surface area contributed by atoms with E-state index in [0.29, 0.717) is 32.8 Å². The third-order valence-electron chi connectivity index (χ3n) is 3.83. The lowest BCUT2D eigenvalue weighted by Crippen LogP contribution is -2.43. The van der Waals surface area contributed by atoms with Crippen molar-refractivity contribution >= 4 is 0 Å². The Balaban J connectivity index is 1.78. The number of hydrogen-bond donors (Lipinski definition) is 1. The number of rotatable bonds is 6. The number of hydrogen-bond acceptors (Lipinski definition) is 4. The molecule has 1 fully saturated rings. The van der Waals surface area contributed by atoms with Crippen LogP contribution in [0, 0.1) is 0 Å². The van der Waals surface area contributed by atoms with E-state index in [1.54, 1.807) is 0 Å². The smallest absolute Gasteiger partial charge is 0.390 e. The lowest BCUT2D eigenvalue weighted by atomic mass is 10.1. The van der Waals surface area contributed by atoms with Gasteiger partial charge in [-0.3, -0.25) is 9.80 Å². The zero-order chi connectivity index (χ0) is 16.9. The van der Waals surface area contributed by atoms with E-state index >= 15 is 0 Å². The maximum Gasteiger partial charge on any atom is 0.416 e. The number of nitrogens with zero attached hydrogens (tertiary/aromatic N) is 2. The van der Waals surface area contributed by atoms with Crippen LogP contribution in [0.3, 0.4) is 0 Å². The van der Waals surface area contributed by atoms with E-state index in [1.165, 1.54) is 12.1 Å². The average Bonchev–Trinajstić information content (AvgIpc) is 2.47. The molecule has 7 heteroatoms. The number of alkyl halides is 3. The molecule has 1 aliphatic heterocycles. The summed E-state index contributed by atoms with van der Waals surface area (Å²) in [6.07, 6.45) is -4.80. The number of likely N-dealkylation sites (N-methyl/N-ethyl adjacent to an activating group) is 1. The highest BCUT2D eigenvalue weighted by Gasteiger charge is 2.29. The molecular formula is C16H23F3N2O2. The molecule has 1 saturated heterocycles. The van der Waals surface area contributed by atoms with Crippen molar-refractivity contribution in [1.82, 2.24) is 9.80 Å². The first kappa shape index (κ1) is 18.2. The summed E-state index contributed by atoms with van der Waals surface area (Å²) in [5.41, 5.74) is 0.148. The molecule has 1 atom stereocenters. The summed E-state index contributed by atoms with van der Waals surface area (Å²) in [5, 5.41) is 10.1. The predicted octanol–water partition coefficient (Wildman–Crippen LogP) is 1.83. The maximum atomic E-state index is 12.5. The summed E-state index contributed by atoms with van der Waals surface area (Å²) in [5.74, 6) is 0. The Hall–Kier alpha value is -1.15. The fourth-order valence-electron chi connectivity index (χ4n) is 2.67. The summed E-state index contributed by atoms with van der Waals surface area (Å²) < 4.78 is 42.8. The topological polar surface area (TPSA) is 35.9 Å². The Morgan fingerprint density at radius 2 is 1.83 bits per heavy atom. The molecule has 1 N–H and O–H groups in total. The van der Waals surface area contributed by atoms with Crippen molar-refractivity contribution in [2.45, 2.75) is 18.8 Å². The van der Waals surface area contributed by atoms with E-state index < -0.39 is 17.8 Å². The standard InChI is InChI=1S/C16H23F3N2O2/c1-20(11-15(22)12-21-6-8-23-9-7-21)10-13-2-4-14(5-3-13)16(17,18)19/h2-5,15,22H,6-12H2,1H3. The lowest BCUT2D eigenvalue weighted by molar-refractivity contribution is -0.137. The van der Waals surface area contributed by atoms with Gasteiger partial charge in [-0.2, -0.15) is 13.2 Å². The van der Waals surface area contributed by atoms with Gasteiger partial charge in [-0.25, -0.2) is 0 Å². The summed E-state index contributed by atoms with van der Waals surface area (Å²) >= 11 is 0. The Labute approximate surface area is 134 Å². The summed E-state index contributed by atoms with van der Waals surface area (Å²) in [7, 11) is 1.85. The number of β-amino-alcohol motifs (C(OH)–C–C–N with tert-alkyl or cyclic N) is 1. The zero-order valence-corrected chi connectivity index (χ0v) is 13.2. The quantitative estimate of drug-likeness (QED) is 0.862. The molecule has 0 bridgehead atoms. The van der Waals surface area contributed by atoms with E-state index in [9.17, 15) is 18.3 Å². The van der Waals surface area contributed by atoms with Crippen molar-refractivity contribution < 1.29 is 23.0 Å². The van der Waals surface area contributed by atoms with E-state index in [4.69, 9.17) is 4.74 Å². The van der Waals surface area contributed by atoms with E-state index in [1.807, 2.05) is 11.9 Å². The highest BCUT2D eigenvalue weighted by molar-refractivity contribution is 5.24. The molecule has 1 aromatic carbocycles. The van der Waals surface area contributed by atoms with Crippen LogP contribution in [-0.4, -0.2) is 67.5 Å². The van der Waals surface area contributed by atoms with Crippen molar-refractivity contribution in [2.24, 2.45) is 0 Å². The van der Waals surface area contributed by atoms with Crippen molar-refractivity contribution in [3.63, 3.8) is 0 Å². The van der Waals surface area contributed by atoms with Crippen LogP contribution in [0.5, 0.6) is 0 Å². The van der Waals surface area contributed by atoms with Gasteiger partial charge in [0.05, 0.1) is 24.9 Å². The van der Waals surface area contributed by atoms with Gasteiger partial charge in [0.1, 0.15) is 0 Å². The number of aliphatic hydroxyl groups is 1. The van der Waals surface area contributed by atoms with Gasteiger partial charge in [0.25, 0.3) is 0 Å². The van der Waals surface area contributed by atoms with Gasteiger partial charge >= 0.3 is 6.18 Å². The SMILES string of the molecule is CN(Cc1ccc(C(F)(F)F)cc1)CC(O)CN1CCOCC1. The first-order chi connectivity index (χ1) is 10.8. The van der Waals surface area contributed by atoms with Crippen LogP contribution in [-0.2, 0) is 17.5 Å². The van der Waals surface area contributed by atoms with Crippen molar-refractivity contribution in [2.75, 3.05) is 46.4 Å². The van der Waals surface area contributed by atoms with Crippen LogP contribution in [0.1, 0.15) is 11.1 Å². The molecule has 0 radical (unpaired) electrons. The van der Waals surface area contributed by atoms with Gasteiger partial charge in [0, 0.05) is 32.7 Å². The van der Waals surface area contributed by atoms with Crippen LogP contribution in [0.25, 0.3) is 0 Å². The maximum absolute atomic E-state index is 12.5. The molecule has 1 heterocycles. The Morgan fingerprint density at radius 1 is 1.22 bits per heavy atom.